The van der Waals surface area contributed by atoms with Crippen LogP contribution in [0.1, 0.15) is 21.7 Å². The number of amides is 1. The lowest BCUT2D eigenvalue weighted by molar-refractivity contribution is -0.153. The third-order valence-corrected chi connectivity index (χ3v) is 3.88. The number of hydrogen-bond donors (Lipinski definition) is 1. The van der Waals surface area contributed by atoms with E-state index in [1.165, 1.54) is 30.3 Å². The molecule has 28 heavy (non-hydrogen) atoms. The van der Waals surface area contributed by atoms with E-state index in [1.54, 1.807) is 13.8 Å². The Morgan fingerprint density at radius 1 is 1.11 bits per heavy atom. The van der Waals surface area contributed by atoms with Crippen LogP contribution in [-0.4, -0.2) is 28.7 Å². The van der Waals surface area contributed by atoms with Gasteiger partial charge in [-0.05, 0) is 32.0 Å². The van der Waals surface area contributed by atoms with E-state index in [-0.39, 0.29) is 28.0 Å². The molecular formula is C19H15F4N3O2. The van der Waals surface area contributed by atoms with Gasteiger partial charge in [-0.25, -0.2) is 14.4 Å². The molecule has 0 atom stereocenters. The number of ether oxygens (including phenoxy) is 1. The number of alkyl halides is 3. The molecule has 0 radical (unpaired) electrons. The van der Waals surface area contributed by atoms with Gasteiger partial charge in [0.05, 0.1) is 22.5 Å². The lowest BCUT2D eigenvalue weighted by atomic mass is 10.1. The molecule has 1 amide bonds. The van der Waals surface area contributed by atoms with Gasteiger partial charge < -0.3 is 10.1 Å². The third kappa shape index (κ3) is 4.54. The van der Waals surface area contributed by atoms with Gasteiger partial charge in [0.15, 0.2) is 6.61 Å². The van der Waals surface area contributed by atoms with E-state index in [0.717, 1.165) is 6.07 Å². The molecule has 0 spiro atoms. The Hall–Kier alpha value is -3.23. The summed E-state index contributed by atoms with van der Waals surface area (Å²) in [5.74, 6) is -1.39. The maximum atomic E-state index is 13.9. The molecule has 146 valence electrons. The minimum atomic E-state index is -4.48. The molecule has 2 aromatic carbocycles. The van der Waals surface area contributed by atoms with E-state index < -0.39 is 24.5 Å². The zero-order valence-corrected chi connectivity index (χ0v) is 14.9. The number of anilines is 1. The SMILES string of the molecule is Cc1nc2cc(F)cc(C(=O)Nc3cccc(OCC(F)(F)F)c3)c2nc1C. The second-order valence-corrected chi connectivity index (χ2v) is 6.10. The van der Waals surface area contributed by atoms with Gasteiger partial charge >= 0.3 is 6.18 Å². The van der Waals surface area contributed by atoms with Gasteiger partial charge in [0, 0.05) is 17.8 Å². The summed E-state index contributed by atoms with van der Waals surface area (Å²) in [4.78, 5) is 21.2. The van der Waals surface area contributed by atoms with Crippen LogP contribution < -0.4 is 10.1 Å². The number of aryl methyl sites for hydroxylation is 2. The Kier molecular flexibility index (Phi) is 5.17. The van der Waals surface area contributed by atoms with Crippen LogP contribution in [0.5, 0.6) is 5.75 Å². The van der Waals surface area contributed by atoms with Crippen molar-refractivity contribution in [2.45, 2.75) is 20.0 Å². The number of hydrogen-bond acceptors (Lipinski definition) is 4. The van der Waals surface area contributed by atoms with E-state index in [1.807, 2.05) is 0 Å². The van der Waals surface area contributed by atoms with E-state index >= 15 is 0 Å². The second-order valence-electron chi connectivity index (χ2n) is 6.10. The molecule has 1 aromatic heterocycles. The molecule has 0 unspecified atom stereocenters. The molecule has 0 aliphatic rings. The summed E-state index contributed by atoms with van der Waals surface area (Å²) >= 11 is 0. The van der Waals surface area contributed by atoms with Crippen molar-refractivity contribution < 1.29 is 27.1 Å². The molecular weight excluding hydrogens is 378 g/mol. The van der Waals surface area contributed by atoms with Crippen molar-refractivity contribution in [2.24, 2.45) is 0 Å². The molecule has 3 rings (SSSR count). The van der Waals surface area contributed by atoms with Gasteiger partial charge in [-0.2, -0.15) is 13.2 Å². The highest BCUT2D eigenvalue weighted by atomic mass is 19.4. The third-order valence-electron chi connectivity index (χ3n) is 3.88. The molecule has 1 N–H and O–H groups in total. The van der Waals surface area contributed by atoms with Crippen LogP contribution in [0.4, 0.5) is 23.2 Å². The summed E-state index contributed by atoms with van der Waals surface area (Å²) in [5.41, 5.74) is 1.82. The highest BCUT2D eigenvalue weighted by Crippen LogP contribution is 2.24. The predicted octanol–water partition coefficient (Wildman–Crippen LogP) is 4.58. The summed E-state index contributed by atoms with van der Waals surface area (Å²) in [6, 6.07) is 7.68. The Morgan fingerprint density at radius 2 is 1.82 bits per heavy atom. The molecule has 0 aliphatic carbocycles. The van der Waals surface area contributed by atoms with Crippen molar-refractivity contribution in [3.63, 3.8) is 0 Å². The molecule has 0 saturated heterocycles. The minimum Gasteiger partial charge on any atom is -0.484 e. The number of carbonyl (C=O) groups excluding carboxylic acids is 1. The van der Waals surface area contributed by atoms with E-state index in [2.05, 4.69) is 20.0 Å². The molecule has 9 heteroatoms. The number of halogens is 4. The van der Waals surface area contributed by atoms with Gasteiger partial charge in [0.2, 0.25) is 0 Å². The lowest BCUT2D eigenvalue weighted by Gasteiger charge is -2.12. The second kappa shape index (κ2) is 7.41. The standard InChI is InChI=1S/C19H15F4N3O2/c1-10-11(2)25-17-15(6-12(20)7-16(17)24-10)18(27)26-13-4-3-5-14(8-13)28-9-19(21,22)23/h3-8H,9H2,1-2H3,(H,26,27). The first kappa shape index (κ1) is 19.5. The van der Waals surface area contributed by atoms with Gasteiger partial charge in [-0.3, -0.25) is 4.79 Å². The number of fused-ring (bicyclic) bond motifs is 1. The van der Waals surface area contributed by atoms with Crippen LogP contribution in [0.3, 0.4) is 0 Å². The quantitative estimate of drug-likeness (QED) is 0.659. The smallest absolute Gasteiger partial charge is 0.422 e. The maximum absolute atomic E-state index is 13.9. The van der Waals surface area contributed by atoms with E-state index in [0.29, 0.717) is 11.4 Å². The first-order chi connectivity index (χ1) is 13.1. The van der Waals surface area contributed by atoms with Gasteiger partial charge in [0.1, 0.15) is 17.1 Å². The first-order valence-corrected chi connectivity index (χ1v) is 8.18. The summed E-state index contributed by atoms with van der Waals surface area (Å²) in [6.45, 7) is 1.99. The van der Waals surface area contributed by atoms with Gasteiger partial charge in [-0.15, -0.1) is 0 Å². The largest absolute Gasteiger partial charge is 0.484 e. The first-order valence-electron chi connectivity index (χ1n) is 8.18. The Balaban J connectivity index is 1.88. The number of aromatic nitrogens is 2. The summed E-state index contributed by atoms with van der Waals surface area (Å²) in [7, 11) is 0. The van der Waals surface area contributed by atoms with Crippen LogP contribution in [0.25, 0.3) is 11.0 Å². The number of nitrogens with zero attached hydrogens (tertiary/aromatic N) is 2. The monoisotopic (exact) mass is 393 g/mol. The summed E-state index contributed by atoms with van der Waals surface area (Å²) in [6.07, 6.45) is -4.48. The molecule has 0 fully saturated rings. The lowest BCUT2D eigenvalue weighted by Crippen LogP contribution is -2.19. The molecule has 0 bridgehead atoms. The van der Waals surface area contributed by atoms with E-state index in [9.17, 15) is 22.4 Å². The molecule has 0 saturated carbocycles. The Labute approximate surface area is 157 Å². The van der Waals surface area contributed by atoms with Crippen molar-refractivity contribution >= 4 is 22.6 Å². The van der Waals surface area contributed by atoms with E-state index in [4.69, 9.17) is 0 Å². The van der Waals surface area contributed by atoms with Crippen LogP contribution in [0, 0.1) is 19.7 Å². The number of benzene rings is 2. The van der Waals surface area contributed by atoms with Crippen molar-refractivity contribution in [1.29, 1.82) is 0 Å². The highest BCUT2D eigenvalue weighted by Gasteiger charge is 2.28. The van der Waals surface area contributed by atoms with Crippen molar-refractivity contribution in [3.8, 4) is 5.75 Å². The average Bonchev–Trinajstić information content (AvgIpc) is 2.60. The van der Waals surface area contributed by atoms with Crippen molar-refractivity contribution in [3.05, 3.63) is 59.2 Å². The van der Waals surface area contributed by atoms with Gasteiger partial charge in [0.25, 0.3) is 5.91 Å². The minimum absolute atomic E-state index is 0.0350. The fourth-order valence-corrected chi connectivity index (χ4v) is 2.50. The fraction of sp³-hybridized carbons (Fsp3) is 0.211. The summed E-state index contributed by atoms with van der Waals surface area (Å²) in [5, 5.41) is 2.51. The van der Waals surface area contributed by atoms with Crippen LogP contribution in [0.2, 0.25) is 0 Å². The number of carbonyl (C=O) groups is 1. The van der Waals surface area contributed by atoms with Gasteiger partial charge in [-0.1, -0.05) is 6.07 Å². The zero-order chi connectivity index (χ0) is 20.5. The number of nitrogens with one attached hydrogen (secondary N) is 1. The number of rotatable bonds is 4. The van der Waals surface area contributed by atoms with Crippen LogP contribution in [0.15, 0.2) is 36.4 Å². The molecule has 1 heterocycles. The Bertz CT molecular complexity index is 1050. The van der Waals surface area contributed by atoms with Crippen molar-refractivity contribution in [1.82, 2.24) is 9.97 Å². The topological polar surface area (TPSA) is 64.1 Å². The molecule has 5 nitrogen and oxygen atoms in total. The average molecular weight is 393 g/mol. The van der Waals surface area contributed by atoms with Crippen molar-refractivity contribution in [2.75, 3.05) is 11.9 Å². The predicted molar refractivity (Wildman–Crippen MR) is 94.9 cm³/mol. The summed E-state index contributed by atoms with van der Waals surface area (Å²) < 4.78 is 55.4. The zero-order valence-electron chi connectivity index (χ0n) is 14.9. The van der Waals surface area contributed by atoms with Crippen LogP contribution >= 0.6 is 0 Å². The Morgan fingerprint density at radius 3 is 2.54 bits per heavy atom. The normalized spacial score (nSPS) is 11.5. The highest BCUT2D eigenvalue weighted by molar-refractivity contribution is 6.11. The molecule has 3 aromatic rings. The maximum Gasteiger partial charge on any atom is 0.422 e. The fourth-order valence-electron chi connectivity index (χ4n) is 2.50. The van der Waals surface area contributed by atoms with Crippen LogP contribution in [-0.2, 0) is 0 Å². The molecule has 0 aliphatic heterocycles.